The molecule has 0 saturated carbocycles. The van der Waals surface area contributed by atoms with E-state index in [-0.39, 0.29) is 22.4 Å². The zero-order valence-corrected chi connectivity index (χ0v) is 10.6. The summed E-state index contributed by atoms with van der Waals surface area (Å²) in [6.45, 7) is 2.10. The minimum atomic E-state index is -0.450. The summed E-state index contributed by atoms with van der Waals surface area (Å²) in [6.07, 6.45) is 0.0526. The van der Waals surface area contributed by atoms with Crippen LogP contribution in [0.1, 0.15) is 23.8 Å². The predicted molar refractivity (Wildman–Crippen MR) is 66.9 cm³/mol. The molecule has 0 radical (unpaired) electrons. The van der Waals surface area contributed by atoms with Crippen molar-refractivity contribution in [3.05, 3.63) is 22.8 Å². The zero-order chi connectivity index (χ0) is 13.0. The number of aliphatic hydroxyl groups excluding tert-OH is 1. The predicted octanol–water partition coefficient (Wildman–Crippen LogP) is 1.16. The van der Waals surface area contributed by atoms with Crippen molar-refractivity contribution in [2.75, 3.05) is 19.3 Å². The molecule has 0 aliphatic carbocycles. The van der Waals surface area contributed by atoms with Crippen molar-refractivity contribution in [1.29, 1.82) is 0 Å². The van der Waals surface area contributed by atoms with Crippen molar-refractivity contribution >= 4 is 23.3 Å². The molecule has 0 aromatic carbocycles. The number of hydrogen-bond acceptors (Lipinski definition) is 4. The quantitative estimate of drug-likeness (QED) is 0.848. The van der Waals surface area contributed by atoms with E-state index in [0.717, 1.165) is 0 Å². The molecule has 1 heterocycles. The van der Waals surface area contributed by atoms with Crippen LogP contribution in [0.5, 0.6) is 0 Å². The fraction of sp³-hybridized carbons (Fsp3) is 0.455. The second-order valence-electron chi connectivity index (χ2n) is 3.93. The summed E-state index contributed by atoms with van der Waals surface area (Å²) < 4.78 is 0. The lowest BCUT2D eigenvalue weighted by molar-refractivity contribution is 0.0763. The summed E-state index contributed by atoms with van der Waals surface area (Å²) in [6, 6.07) is 3.08. The van der Waals surface area contributed by atoms with Gasteiger partial charge in [-0.3, -0.25) is 4.79 Å². The molecule has 0 spiro atoms. The number of amides is 1. The van der Waals surface area contributed by atoms with Gasteiger partial charge in [-0.15, -0.1) is 0 Å². The first-order valence-electron chi connectivity index (χ1n) is 5.27. The number of aromatic nitrogens is 1. The van der Waals surface area contributed by atoms with Crippen molar-refractivity contribution in [1.82, 2.24) is 9.88 Å². The van der Waals surface area contributed by atoms with Crippen LogP contribution >= 0.6 is 11.6 Å². The Kier molecular flexibility index (Phi) is 4.72. The Morgan fingerprint density at radius 1 is 1.65 bits per heavy atom. The molecule has 1 rings (SSSR count). The monoisotopic (exact) mass is 257 g/mol. The maximum atomic E-state index is 12.0. The van der Waals surface area contributed by atoms with Crippen molar-refractivity contribution in [3.63, 3.8) is 0 Å². The van der Waals surface area contributed by atoms with Gasteiger partial charge in [0.05, 0.1) is 11.1 Å². The molecular formula is C11H16ClN3O2. The molecule has 0 fully saturated rings. The summed E-state index contributed by atoms with van der Waals surface area (Å²) in [5.41, 5.74) is 5.65. The molecule has 0 aliphatic heterocycles. The van der Waals surface area contributed by atoms with E-state index in [1.165, 1.54) is 11.0 Å². The smallest absolute Gasteiger partial charge is 0.273 e. The average molecular weight is 258 g/mol. The van der Waals surface area contributed by atoms with Crippen molar-refractivity contribution in [3.8, 4) is 0 Å². The van der Waals surface area contributed by atoms with Crippen LogP contribution in [-0.2, 0) is 0 Å². The number of aliphatic hydroxyl groups is 1. The van der Waals surface area contributed by atoms with Crippen LogP contribution < -0.4 is 5.73 Å². The maximum Gasteiger partial charge on any atom is 0.273 e. The molecule has 94 valence electrons. The van der Waals surface area contributed by atoms with Gasteiger partial charge in [0.15, 0.2) is 0 Å². The van der Waals surface area contributed by atoms with E-state index in [2.05, 4.69) is 4.98 Å². The fourth-order valence-electron chi connectivity index (χ4n) is 1.27. The summed E-state index contributed by atoms with van der Waals surface area (Å²) in [4.78, 5) is 17.3. The molecule has 0 saturated heterocycles. The topological polar surface area (TPSA) is 79.5 Å². The van der Waals surface area contributed by atoms with Crippen molar-refractivity contribution in [2.24, 2.45) is 0 Å². The number of carbonyl (C=O) groups excluding carboxylic acids is 1. The first-order chi connectivity index (χ1) is 7.91. The second-order valence-corrected chi connectivity index (χ2v) is 4.34. The van der Waals surface area contributed by atoms with Gasteiger partial charge in [-0.05, 0) is 25.5 Å². The highest BCUT2D eigenvalue weighted by atomic mass is 35.5. The van der Waals surface area contributed by atoms with E-state index in [1.807, 2.05) is 0 Å². The van der Waals surface area contributed by atoms with Gasteiger partial charge < -0.3 is 15.7 Å². The maximum absolute atomic E-state index is 12.0. The van der Waals surface area contributed by atoms with Crippen LogP contribution in [0.4, 0.5) is 5.82 Å². The number of hydrogen-bond donors (Lipinski definition) is 2. The molecule has 6 heteroatoms. The summed E-state index contributed by atoms with van der Waals surface area (Å²) >= 11 is 5.88. The normalized spacial score (nSPS) is 12.2. The molecule has 5 nitrogen and oxygen atoms in total. The molecule has 3 N–H and O–H groups in total. The molecule has 1 unspecified atom stereocenters. The standard InChI is InChI=1S/C11H16ClN3O2/c1-7(16)5-6-15(2)11(17)10-8(12)3-4-9(13)14-10/h3-4,7,16H,5-6H2,1-2H3,(H2,13,14). The highest BCUT2D eigenvalue weighted by molar-refractivity contribution is 6.33. The molecular weight excluding hydrogens is 242 g/mol. The zero-order valence-electron chi connectivity index (χ0n) is 9.85. The Labute approximate surface area is 105 Å². The van der Waals surface area contributed by atoms with Crippen LogP contribution in [0.15, 0.2) is 12.1 Å². The number of nitrogen functional groups attached to an aromatic ring is 1. The van der Waals surface area contributed by atoms with Crippen LogP contribution in [0, 0.1) is 0 Å². The number of halogens is 1. The number of nitrogens with zero attached hydrogens (tertiary/aromatic N) is 2. The van der Waals surface area contributed by atoms with Crippen LogP contribution in [-0.4, -0.2) is 40.6 Å². The Hall–Kier alpha value is -1.33. The summed E-state index contributed by atoms with van der Waals surface area (Å²) in [5.74, 6) is -0.0513. The molecule has 1 aromatic rings. The van der Waals surface area contributed by atoms with E-state index in [0.29, 0.717) is 13.0 Å². The van der Waals surface area contributed by atoms with E-state index in [9.17, 15) is 4.79 Å². The fourth-order valence-corrected chi connectivity index (χ4v) is 1.46. The third kappa shape index (κ3) is 3.87. The Morgan fingerprint density at radius 2 is 2.29 bits per heavy atom. The molecule has 0 bridgehead atoms. The van der Waals surface area contributed by atoms with Gasteiger partial charge in [0.25, 0.3) is 5.91 Å². The number of rotatable bonds is 4. The first kappa shape index (κ1) is 13.7. The van der Waals surface area contributed by atoms with Gasteiger partial charge in [-0.1, -0.05) is 11.6 Å². The lowest BCUT2D eigenvalue weighted by Gasteiger charge is -2.18. The lowest BCUT2D eigenvalue weighted by atomic mass is 10.2. The highest BCUT2D eigenvalue weighted by Gasteiger charge is 2.17. The van der Waals surface area contributed by atoms with E-state index >= 15 is 0 Å². The first-order valence-corrected chi connectivity index (χ1v) is 5.65. The van der Waals surface area contributed by atoms with E-state index in [1.54, 1.807) is 20.0 Å². The Bertz CT molecular complexity index is 410. The number of nitrogens with two attached hydrogens (primary N) is 1. The molecule has 1 amide bonds. The largest absolute Gasteiger partial charge is 0.393 e. The van der Waals surface area contributed by atoms with Gasteiger partial charge >= 0.3 is 0 Å². The van der Waals surface area contributed by atoms with Gasteiger partial charge in [0.2, 0.25) is 0 Å². The molecule has 17 heavy (non-hydrogen) atoms. The highest BCUT2D eigenvalue weighted by Crippen LogP contribution is 2.16. The SMILES string of the molecule is CC(O)CCN(C)C(=O)c1nc(N)ccc1Cl. The molecule has 1 aromatic heterocycles. The molecule has 0 aliphatic rings. The minimum absolute atomic E-state index is 0.139. The third-order valence-electron chi connectivity index (χ3n) is 2.30. The van der Waals surface area contributed by atoms with Gasteiger partial charge in [0.1, 0.15) is 11.5 Å². The van der Waals surface area contributed by atoms with Crippen molar-refractivity contribution in [2.45, 2.75) is 19.4 Å². The number of pyridine rings is 1. The summed E-state index contributed by atoms with van der Waals surface area (Å²) in [5, 5.41) is 9.42. The van der Waals surface area contributed by atoms with Crippen LogP contribution in [0.25, 0.3) is 0 Å². The minimum Gasteiger partial charge on any atom is -0.393 e. The van der Waals surface area contributed by atoms with Gasteiger partial charge in [-0.2, -0.15) is 0 Å². The molecule has 1 atom stereocenters. The van der Waals surface area contributed by atoms with Gasteiger partial charge in [-0.25, -0.2) is 4.98 Å². The van der Waals surface area contributed by atoms with Crippen LogP contribution in [0.3, 0.4) is 0 Å². The van der Waals surface area contributed by atoms with E-state index < -0.39 is 6.10 Å². The number of carbonyl (C=O) groups is 1. The van der Waals surface area contributed by atoms with Crippen LogP contribution in [0.2, 0.25) is 5.02 Å². The van der Waals surface area contributed by atoms with E-state index in [4.69, 9.17) is 22.4 Å². The Balaban J connectivity index is 2.78. The second kappa shape index (κ2) is 5.84. The van der Waals surface area contributed by atoms with Crippen molar-refractivity contribution < 1.29 is 9.90 Å². The average Bonchev–Trinajstić information content (AvgIpc) is 2.28. The van der Waals surface area contributed by atoms with Gasteiger partial charge in [0, 0.05) is 13.6 Å². The lowest BCUT2D eigenvalue weighted by Crippen LogP contribution is -2.30. The summed E-state index contributed by atoms with van der Waals surface area (Å²) in [7, 11) is 1.63. The third-order valence-corrected chi connectivity index (χ3v) is 2.60. The number of anilines is 1. The Morgan fingerprint density at radius 3 is 2.88 bits per heavy atom.